The highest BCUT2D eigenvalue weighted by atomic mass is 16.6. The topological polar surface area (TPSA) is 38.3 Å². The highest BCUT2D eigenvalue weighted by molar-refractivity contribution is 5.87. The van der Waals surface area contributed by atoms with Crippen LogP contribution in [-0.4, -0.2) is 24.7 Å². The molecule has 15 heavy (non-hydrogen) atoms. The van der Waals surface area contributed by atoms with Gasteiger partial charge in [0.2, 0.25) is 0 Å². The second-order valence-electron chi connectivity index (χ2n) is 4.80. The van der Waals surface area contributed by atoms with Crippen LogP contribution in [0.5, 0.6) is 0 Å². The van der Waals surface area contributed by atoms with Crippen molar-refractivity contribution >= 4 is 5.97 Å². The van der Waals surface area contributed by atoms with E-state index in [0.29, 0.717) is 11.5 Å². The van der Waals surface area contributed by atoms with Gasteiger partial charge in [-0.3, -0.25) is 0 Å². The van der Waals surface area contributed by atoms with Crippen LogP contribution in [0.2, 0.25) is 0 Å². The van der Waals surface area contributed by atoms with Crippen LogP contribution in [0.25, 0.3) is 0 Å². The molecule has 1 saturated heterocycles. The zero-order chi connectivity index (χ0) is 11.5. The maximum atomic E-state index is 11.5. The molecule has 0 saturated carbocycles. The average Bonchev–Trinajstić information content (AvgIpc) is 2.18. The number of piperidine rings is 1. The van der Waals surface area contributed by atoms with Gasteiger partial charge in [0.15, 0.2) is 0 Å². The molecule has 1 N–H and O–H groups in total. The van der Waals surface area contributed by atoms with Crippen LogP contribution >= 0.6 is 0 Å². The first-order valence-electron chi connectivity index (χ1n) is 5.53. The minimum Gasteiger partial charge on any atom is -0.456 e. The van der Waals surface area contributed by atoms with E-state index in [9.17, 15) is 4.79 Å². The lowest BCUT2D eigenvalue weighted by atomic mass is 9.83. The monoisotopic (exact) mass is 211 g/mol. The van der Waals surface area contributed by atoms with Gasteiger partial charge in [-0.2, -0.15) is 0 Å². The summed E-state index contributed by atoms with van der Waals surface area (Å²) in [5.41, 5.74) is 0.0926. The Kier molecular flexibility index (Phi) is 3.91. The van der Waals surface area contributed by atoms with Gasteiger partial charge in [-0.05, 0) is 46.7 Å². The Morgan fingerprint density at radius 2 is 1.93 bits per heavy atom. The van der Waals surface area contributed by atoms with Gasteiger partial charge in [0.1, 0.15) is 5.60 Å². The van der Waals surface area contributed by atoms with Gasteiger partial charge in [-0.25, -0.2) is 4.79 Å². The van der Waals surface area contributed by atoms with Crippen molar-refractivity contribution in [3.05, 3.63) is 12.2 Å². The molecule has 0 unspecified atom stereocenters. The summed E-state index contributed by atoms with van der Waals surface area (Å²) in [7, 11) is 0. The molecule has 1 fully saturated rings. The van der Waals surface area contributed by atoms with Crippen molar-refractivity contribution in [2.75, 3.05) is 13.1 Å². The highest BCUT2D eigenvalue weighted by Crippen LogP contribution is 2.29. The maximum Gasteiger partial charge on any atom is 0.333 e. The Labute approximate surface area is 91.9 Å². The molecule has 0 spiro atoms. The summed E-state index contributed by atoms with van der Waals surface area (Å²) in [4.78, 5) is 11.5. The molecular weight excluding hydrogens is 190 g/mol. The van der Waals surface area contributed by atoms with E-state index in [1.165, 1.54) is 0 Å². The Morgan fingerprint density at radius 3 is 2.40 bits per heavy atom. The van der Waals surface area contributed by atoms with E-state index in [2.05, 4.69) is 11.9 Å². The zero-order valence-corrected chi connectivity index (χ0v) is 9.93. The second-order valence-corrected chi connectivity index (χ2v) is 4.80. The summed E-state index contributed by atoms with van der Waals surface area (Å²) in [6.07, 6.45) is 2.13. The van der Waals surface area contributed by atoms with Crippen molar-refractivity contribution in [3.63, 3.8) is 0 Å². The van der Waals surface area contributed by atoms with Crippen molar-refractivity contribution in [2.45, 2.75) is 39.2 Å². The third-order valence-electron chi connectivity index (χ3n) is 3.03. The van der Waals surface area contributed by atoms with Crippen molar-refractivity contribution in [1.29, 1.82) is 0 Å². The number of carbonyl (C=O) groups excluding carboxylic acids is 1. The predicted molar refractivity (Wildman–Crippen MR) is 60.6 cm³/mol. The van der Waals surface area contributed by atoms with Gasteiger partial charge >= 0.3 is 5.97 Å². The number of esters is 1. The summed E-state index contributed by atoms with van der Waals surface area (Å²) >= 11 is 0. The first kappa shape index (κ1) is 12.2. The van der Waals surface area contributed by atoms with Crippen LogP contribution in [-0.2, 0) is 9.53 Å². The van der Waals surface area contributed by atoms with Gasteiger partial charge in [0.05, 0.1) is 0 Å². The van der Waals surface area contributed by atoms with Crippen LogP contribution in [0.15, 0.2) is 12.2 Å². The van der Waals surface area contributed by atoms with Crippen LogP contribution in [0.1, 0.15) is 33.6 Å². The fraction of sp³-hybridized carbons (Fsp3) is 0.750. The molecule has 86 valence electrons. The van der Waals surface area contributed by atoms with E-state index in [1.54, 1.807) is 6.92 Å². The lowest BCUT2D eigenvalue weighted by Crippen LogP contribution is -2.42. The summed E-state index contributed by atoms with van der Waals surface area (Å²) in [5, 5.41) is 3.30. The molecule has 1 rings (SSSR count). The zero-order valence-electron chi connectivity index (χ0n) is 9.93. The first-order chi connectivity index (χ1) is 6.93. The summed E-state index contributed by atoms with van der Waals surface area (Å²) in [5.74, 6) is 0.167. The molecule has 0 aliphatic carbocycles. The minimum absolute atomic E-state index is 0.279. The minimum atomic E-state index is -0.377. The van der Waals surface area contributed by atoms with E-state index in [-0.39, 0.29) is 11.6 Å². The first-order valence-corrected chi connectivity index (χ1v) is 5.53. The molecule has 0 atom stereocenters. The van der Waals surface area contributed by atoms with E-state index in [1.807, 2.05) is 13.8 Å². The van der Waals surface area contributed by atoms with E-state index < -0.39 is 0 Å². The fourth-order valence-electron chi connectivity index (χ4n) is 1.93. The number of hydrogen-bond acceptors (Lipinski definition) is 3. The molecule has 0 aromatic carbocycles. The molecule has 0 aromatic heterocycles. The average molecular weight is 211 g/mol. The molecule has 3 heteroatoms. The lowest BCUT2D eigenvalue weighted by Gasteiger charge is -2.36. The number of carbonyl (C=O) groups is 1. The van der Waals surface area contributed by atoms with Crippen LogP contribution in [0.4, 0.5) is 0 Å². The maximum absolute atomic E-state index is 11.5. The van der Waals surface area contributed by atoms with E-state index in [4.69, 9.17) is 4.74 Å². The molecule has 0 radical (unpaired) electrons. The molecular formula is C12H21NO2. The molecule has 1 heterocycles. The predicted octanol–water partition coefficient (Wildman–Crippen LogP) is 1.88. The Balaban J connectivity index is 2.56. The molecule has 0 amide bonds. The molecule has 0 aromatic rings. The van der Waals surface area contributed by atoms with Crippen molar-refractivity contribution in [1.82, 2.24) is 5.32 Å². The lowest BCUT2D eigenvalue weighted by molar-refractivity contribution is -0.157. The summed E-state index contributed by atoms with van der Waals surface area (Å²) in [6.45, 7) is 11.3. The Hall–Kier alpha value is -0.830. The molecule has 0 bridgehead atoms. The van der Waals surface area contributed by atoms with E-state index in [0.717, 1.165) is 25.9 Å². The largest absolute Gasteiger partial charge is 0.456 e. The molecule has 1 aliphatic heterocycles. The van der Waals surface area contributed by atoms with Crippen LogP contribution < -0.4 is 5.32 Å². The number of rotatable bonds is 3. The van der Waals surface area contributed by atoms with Crippen molar-refractivity contribution in [3.8, 4) is 0 Å². The highest BCUT2D eigenvalue weighted by Gasteiger charge is 2.34. The third-order valence-corrected chi connectivity index (χ3v) is 3.03. The standard InChI is InChI=1S/C12H21NO2/c1-9(2)11(14)15-12(3,4)10-5-7-13-8-6-10/h10,13H,1,5-8H2,2-4H3. The number of ether oxygens (including phenoxy) is 1. The van der Waals surface area contributed by atoms with Gasteiger partial charge in [0, 0.05) is 11.5 Å². The summed E-state index contributed by atoms with van der Waals surface area (Å²) < 4.78 is 5.47. The van der Waals surface area contributed by atoms with Gasteiger partial charge in [-0.15, -0.1) is 0 Å². The van der Waals surface area contributed by atoms with Crippen LogP contribution in [0, 0.1) is 5.92 Å². The van der Waals surface area contributed by atoms with E-state index >= 15 is 0 Å². The quantitative estimate of drug-likeness (QED) is 0.572. The Bertz CT molecular complexity index is 252. The van der Waals surface area contributed by atoms with Crippen molar-refractivity contribution in [2.24, 2.45) is 5.92 Å². The molecule has 1 aliphatic rings. The van der Waals surface area contributed by atoms with Gasteiger partial charge < -0.3 is 10.1 Å². The molecule has 3 nitrogen and oxygen atoms in total. The van der Waals surface area contributed by atoms with Gasteiger partial charge in [-0.1, -0.05) is 6.58 Å². The van der Waals surface area contributed by atoms with Gasteiger partial charge in [0.25, 0.3) is 0 Å². The smallest absolute Gasteiger partial charge is 0.333 e. The summed E-state index contributed by atoms with van der Waals surface area (Å²) in [6, 6.07) is 0. The normalized spacial score (nSPS) is 18.6. The second kappa shape index (κ2) is 4.79. The van der Waals surface area contributed by atoms with Crippen molar-refractivity contribution < 1.29 is 9.53 Å². The number of nitrogens with one attached hydrogen (secondary N) is 1. The van der Waals surface area contributed by atoms with Crippen LogP contribution in [0.3, 0.4) is 0 Å². The number of hydrogen-bond donors (Lipinski definition) is 1. The SMILES string of the molecule is C=C(C)C(=O)OC(C)(C)C1CCNCC1. The third kappa shape index (κ3) is 3.34. The Morgan fingerprint density at radius 1 is 1.40 bits per heavy atom. The fourth-order valence-corrected chi connectivity index (χ4v) is 1.93.